The molecule has 2 aromatic rings. The standard InChI is InChI=1S/C22H25FN4O4S/c1-12-9-30-10-16-11-31-18-19(22(2,3)32(4,28)29)25-20(26-21(18)27(12)16)14-5-13-7-17(23)24-8-15(13)6-14/h5,7-8,12,16H,6,9-11H2,1-4H3/t12-,16+/m1/s1. The van der Waals surface area contributed by atoms with Crippen LogP contribution in [0.5, 0.6) is 5.75 Å². The van der Waals surface area contributed by atoms with Crippen LogP contribution in [0.2, 0.25) is 0 Å². The number of hydrogen-bond donors (Lipinski definition) is 0. The van der Waals surface area contributed by atoms with Gasteiger partial charge in [0, 0.05) is 30.5 Å². The number of sulfone groups is 1. The molecule has 0 spiro atoms. The summed E-state index contributed by atoms with van der Waals surface area (Å²) in [6.07, 6.45) is 5.03. The van der Waals surface area contributed by atoms with E-state index in [0.717, 1.165) is 16.7 Å². The summed E-state index contributed by atoms with van der Waals surface area (Å²) in [7, 11) is -3.52. The summed E-state index contributed by atoms with van der Waals surface area (Å²) >= 11 is 0. The van der Waals surface area contributed by atoms with E-state index in [0.29, 0.717) is 49.3 Å². The van der Waals surface area contributed by atoms with Gasteiger partial charge in [-0.15, -0.1) is 0 Å². The molecule has 2 atom stereocenters. The third kappa shape index (κ3) is 3.27. The first-order chi connectivity index (χ1) is 15.1. The Hall–Kier alpha value is -2.59. The minimum Gasteiger partial charge on any atom is -0.486 e. The number of pyridine rings is 1. The lowest BCUT2D eigenvalue weighted by Crippen LogP contribution is -2.56. The highest BCUT2D eigenvalue weighted by Gasteiger charge is 2.44. The average Bonchev–Trinajstić information content (AvgIpc) is 3.15. The van der Waals surface area contributed by atoms with Gasteiger partial charge >= 0.3 is 0 Å². The van der Waals surface area contributed by atoms with Gasteiger partial charge in [-0.25, -0.2) is 23.4 Å². The second kappa shape index (κ2) is 7.21. The third-order valence-electron chi connectivity index (χ3n) is 6.53. The molecule has 1 fully saturated rings. The number of ether oxygens (including phenoxy) is 2. The second-order valence-electron chi connectivity index (χ2n) is 9.14. The normalized spacial score (nSPS) is 22.5. The number of halogens is 1. The summed E-state index contributed by atoms with van der Waals surface area (Å²) in [4.78, 5) is 15.5. The summed E-state index contributed by atoms with van der Waals surface area (Å²) in [6.45, 7) is 6.72. The molecule has 1 aliphatic carbocycles. The number of hydrogen-bond acceptors (Lipinski definition) is 8. The van der Waals surface area contributed by atoms with Crippen molar-refractivity contribution in [2.75, 3.05) is 31.0 Å². The minimum atomic E-state index is -3.52. The number of nitrogens with zero attached hydrogens (tertiary/aromatic N) is 4. The molecule has 32 heavy (non-hydrogen) atoms. The van der Waals surface area contributed by atoms with Gasteiger partial charge in [0.05, 0.1) is 25.3 Å². The van der Waals surface area contributed by atoms with Crippen LogP contribution in [0.1, 0.15) is 43.4 Å². The zero-order chi connectivity index (χ0) is 22.8. The molecule has 170 valence electrons. The van der Waals surface area contributed by atoms with E-state index < -0.39 is 20.5 Å². The fourth-order valence-electron chi connectivity index (χ4n) is 4.40. The molecule has 0 aromatic carbocycles. The number of anilines is 1. The SMILES string of the molecule is C[C@@H]1COC[C@H]2COc3c(nc(C4=Cc5cc(F)ncc5C4)nc3C(C)(C)S(C)(=O)=O)N21. The van der Waals surface area contributed by atoms with Crippen molar-refractivity contribution in [2.24, 2.45) is 0 Å². The lowest BCUT2D eigenvalue weighted by atomic mass is 10.0. The van der Waals surface area contributed by atoms with Gasteiger partial charge in [0.15, 0.2) is 27.2 Å². The molecule has 0 saturated carbocycles. The van der Waals surface area contributed by atoms with E-state index in [9.17, 15) is 12.8 Å². The van der Waals surface area contributed by atoms with Crippen LogP contribution in [0.3, 0.4) is 0 Å². The summed E-state index contributed by atoms with van der Waals surface area (Å²) in [6, 6.07) is 1.41. The van der Waals surface area contributed by atoms with Crippen LogP contribution in [0.25, 0.3) is 11.6 Å². The van der Waals surface area contributed by atoms with Crippen molar-refractivity contribution < 1.29 is 22.3 Å². The van der Waals surface area contributed by atoms with Gasteiger partial charge in [0.1, 0.15) is 17.0 Å². The van der Waals surface area contributed by atoms with Gasteiger partial charge in [-0.2, -0.15) is 4.39 Å². The Morgan fingerprint density at radius 1 is 1.22 bits per heavy atom. The summed E-state index contributed by atoms with van der Waals surface area (Å²) in [5.41, 5.74) is 2.72. The third-order valence-corrected chi connectivity index (χ3v) is 8.58. The Kier molecular flexibility index (Phi) is 4.79. The lowest BCUT2D eigenvalue weighted by molar-refractivity contribution is 0.0482. The van der Waals surface area contributed by atoms with Crippen LogP contribution < -0.4 is 9.64 Å². The van der Waals surface area contributed by atoms with E-state index >= 15 is 0 Å². The molecule has 0 radical (unpaired) electrons. The van der Waals surface area contributed by atoms with Gasteiger partial charge in [0.25, 0.3) is 0 Å². The molecule has 0 unspecified atom stereocenters. The Morgan fingerprint density at radius 3 is 2.75 bits per heavy atom. The monoisotopic (exact) mass is 460 g/mol. The van der Waals surface area contributed by atoms with Gasteiger partial charge in [-0.3, -0.25) is 0 Å². The van der Waals surface area contributed by atoms with Gasteiger partial charge in [0.2, 0.25) is 5.95 Å². The molecule has 2 aliphatic heterocycles. The number of morpholine rings is 1. The number of rotatable bonds is 3. The Labute approximate surface area is 186 Å². The molecule has 8 nitrogen and oxygen atoms in total. The van der Waals surface area contributed by atoms with Crippen molar-refractivity contribution in [3.05, 3.63) is 40.9 Å². The first-order valence-corrected chi connectivity index (χ1v) is 12.4. The zero-order valence-electron chi connectivity index (χ0n) is 18.4. The highest BCUT2D eigenvalue weighted by molar-refractivity contribution is 7.91. The maximum atomic E-state index is 13.6. The smallest absolute Gasteiger partial charge is 0.213 e. The molecule has 0 amide bonds. The van der Waals surface area contributed by atoms with E-state index in [-0.39, 0.29) is 12.1 Å². The highest BCUT2D eigenvalue weighted by Crippen LogP contribution is 2.44. The molecule has 1 saturated heterocycles. The predicted octanol–water partition coefficient (Wildman–Crippen LogP) is 2.37. The summed E-state index contributed by atoms with van der Waals surface area (Å²) in [5.74, 6) is 0.841. The van der Waals surface area contributed by atoms with Crippen molar-refractivity contribution in [1.82, 2.24) is 15.0 Å². The average molecular weight is 461 g/mol. The Bertz CT molecular complexity index is 1240. The topological polar surface area (TPSA) is 94.5 Å². The molecule has 0 N–H and O–H groups in total. The van der Waals surface area contributed by atoms with Crippen LogP contribution in [-0.4, -0.2) is 61.5 Å². The molecule has 10 heteroatoms. The fraction of sp³-hybridized carbons (Fsp3) is 0.500. The number of fused-ring (bicyclic) bond motifs is 4. The molecule has 3 aliphatic rings. The van der Waals surface area contributed by atoms with Crippen molar-refractivity contribution in [1.29, 1.82) is 0 Å². The molecule has 0 bridgehead atoms. The van der Waals surface area contributed by atoms with E-state index in [2.05, 4.69) is 9.88 Å². The van der Waals surface area contributed by atoms with Crippen molar-refractivity contribution in [3.63, 3.8) is 0 Å². The van der Waals surface area contributed by atoms with E-state index in [4.69, 9.17) is 19.4 Å². The summed E-state index contributed by atoms with van der Waals surface area (Å²) < 4.78 is 49.5. The van der Waals surface area contributed by atoms with Crippen molar-refractivity contribution in [2.45, 2.75) is 44.0 Å². The Balaban J connectivity index is 1.70. The van der Waals surface area contributed by atoms with Gasteiger partial charge < -0.3 is 14.4 Å². The molecular weight excluding hydrogens is 435 g/mol. The van der Waals surface area contributed by atoms with Crippen LogP contribution in [0.4, 0.5) is 10.2 Å². The predicted molar refractivity (Wildman–Crippen MR) is 118 cm³/mol. The summed E-state index contributed by atoms with van der Waals surface area (Å²) in [5, 5.41) is 0. The molecule has 5 rings (SSSR count). The van der Waals surface area contributed by atoms with Crippen LogP contribution >= 0.6 is 0 Å². The number of aromatic nitrogens is 3. The van der Waals surface area contributed by atoms with E-state index in [1.165, 1.54) is 18.5 Å². The second-order valence-corrected chi connectivity index (χ2v) is 11.7. The zero-order valence-corrected chi connectivity index (χ0v) is 19.2. The molecular formula is C22H25FN4O4S. The first kappa shape index (κ1) is 21.3. The maximum absolute atomic E-state index is 13.6. The van der Waals surface area contributed by atoms with Crippen LogP contribution in [0, 0.1) is 5.95 Å². The highest BCUT2D eigenvalue weighted by atomic mass is 32.2. The quantitative estimate of drug-likeness (QED) is 0.645. The fourth-order valence-corrected chi connectivity index (χ4v) is 4.89. The van der Waals surface area contributed by atoms with Crippen LogP contribution in [0.15, 0.2) is 12.3 Å². The molecule has 2 aromatic heterocycles. The Morgan fingerprint density at radius 2 is 2.00 bits per heavy atom. The van der Waals surface area contributed by atoms with Crippen LogP contribution in [-0.2, 0) is 25.7 Å². The minimum absolute atomic E-state index is 0.0174. The largest absolute Gasteiger partial charge is 0.486 e. The van der Waals surface area contributed by atoms with E-state index in [1.54, 1.807) is 13.8 Å². The van der Waals surface area contributed by atoms with E-state index in [1.807, 2.05) is 13.0 Å². The first-order valence-electron chi connectivity index (χ1n) is 10.5. The van der Waals surface area contributed by atoms with Gasteiger partial charge in [-0.05, 0) is 38.0 Å². The number of allylic oxidation sites excluding steroid dienone is 1. The maximum Gasteiger partial charge on any atom is 0.213 e. The van der Waals surface area contributed by atoms with Crippen molar-refractivity contribution >= 4 is 27.3 Å². The molecule has 4 heterocycles. The lowest BCUT2D eigenvalue weighted by Gasteiger charge is -2.45. The van der Waals surface area contributed by atoms with Crippen molar-refractivity contribution in [3.8, 4) is 5.75 Å². The van der Waals surface area contributed by atoms with Gasteiger partial charge in [-0.1, -0.05) is 0 Å².